The number of amidine groups is 1. The van der Waals surface area contributed by atoms with Gasteiger partial charge in [0.25, 0.3) is 0 Å². The number of halogens is 1. The summed E-state index contributed by atoms with van der Waals surface area (Å²) < 4.78 is 16.5. The predicted molar refractivity (Wildman–Crippen MR) is 140 cm³/mol. The summed E-state index contributed by atoms with van der Waals surface area (Å²) in [5.74, 6) is 3.09. The van der Waals surface area contributed by atoms with E-state index in [0.29, 0.717) is 17.2 Å². The lowest BCUT2D eigenvalue weighted by Crippen LogP contribution is -2.30. The molecule has 3 aromatic carbocycles. The van der Waals surface area contributed by atoms with Crippen LogP contribution in [0.3, 0.4) is 0 Å². The van der Waals surface area contributed by atoms with E-state index < -0.39 is 0 Å². The minimum absolute atomic E-state index is 0. The van der Waals surface area contributed by atoms with Crippen molar-refractivity contribution >= 4 is 30.0 Å². The summed E-state index contributed by atoms with van der Waals surface area (Å²) in [6, 6.07) is 21.4. The Kier molecular flexibility index (Phi) is 7.13. The summed E-state index contributed by atoms with van der Waals surface area (Å²) in [5.41, 5.74) is 7.33. The molecule has 0 atom stereocenters. The molecule has 0 aliphatic carbocycles. The van der Waals surface area contributed by atoms with E-state index in [1.165, 1.54) is 28.0 Å². The molecule has 5 rings (SSSR count). The average Bonchev–Trinajstić information content (AvgIpc) is 3.37. The Morgan fingerprint density at radius 3 is 2.29 bits per heavy atom. The van der Waals surface area contributed by atoms with Crippen LogP contribution in [-0.2, 0) is 12.8 Å². The zero-order valence-electron chi connectivity index (χ0n) is 19.7. The number of rotatable bonds is 7. The van der Waals surface area contributed by atoms with Crippen LogP contribution in [0.2, 0.25) is 0 Å². The van der Waals surface area contributed by atoms with E-state index in [0.717, 1.165) is 37.3 Å². The van der Waals surface area contributed by atoms with Crippen LogP contribution < -0.4 is 14.2 Å². The summed E-state index contributed by atoms with van der Waals surface area (Å²) in [4.78, 5) is 7.14. The first-order valence-corrected chi connectivity index (χ1v) is 11.2. The number of benzene rings is 3. The van der Waals surface area contributed by atoms with Gasteiger partial charge in [-0.25, -0.2) is 0 Å². The fourth-order valence-corrected chi connectivity index (χ4v) is 4.66. The lowest BCUT2D eigenvalue weighted by atomic mass is 9.95. The van der Waals surface area contributed by atoms with Crippen molar-refractivity contribution in [2.75, 3.05) is 34.4 Å². The van der Waals surface area contributed by atoms with Crippen LogP contribution in [0.1, 0.15) is 27.8 Å². The first kappa shape index (κ1) is 23.7. The van der Waals surface area contributed by atoms with Gasteiger partial charge in [0, 0.05) is 12.1 Å². The molecule has 0 radical (unpaired) electrons. The Morgan fingerprint density at radius 1 is 0.824 bits per heavy atom. The number of hydrogen-bond acceptors (Lipinski definition) is 5. The first-order chi connectivity index (χ1) is 16.2. The number of ether oxygens (including phenoxy) is 3. The number of methoxy groups -OCH3 is 3. The molecular weight excluding hydrogens is 448 g/mol. The van der Waals surface area contributed by atoms with Crippen molar-refractivity contribution in [2.24, 2.45) is 4.99 Å². The van der Waals surface area contributed by atoms with E-state index in [1.54, 1.807) is 21.3 Å². The summed E-state index contributed by atoms with van der Waals surface area (Å²) in [5, 5.41) is 0. The van der Waals surface area contributed by atoms with Crippen LogP contribution in [0, 0.1) is 0 Å². The van der Waals surface area contributed by atoms with E-state index in [-0.39, 0.29) is 12.4 Å². The second-order valence-corrected chi connectivity index (χ2v) is 8.21. The summed E-state index contributed by atoms with van der Waals surface area (Å²) >= 11 is 0. The Morgan fingerprint density at radius 2 is 1.56 bits per heavy atom. The molecule has 34 heavy (non-hydrogen) atoms. The highest BCUT2D eigenvalue weighted by Crippen LogP contribution is 2.38. The van der Waals surface area contributed by atoms with E-state index >= 15 is 0 Å². The van der Waals surface area contributed by atoms with Gasteiger partial charge in [-0.05, 0) is 59.4 Å². The Balaban J connectivity index is 0.00000274. The summed E-state index contributed by atoms with van der Waals surface area (Å²) in [6.07, 6.45) is 4.08. The molecule has 176 valence electrons. The van der Waals surface area contributed by atoms with Crippen LogP contribution in [0.15, 0.2) is 65.7 Å². The largest absolute Gasteiger partial charge is 0.493 e. The fourth-order valence-electron chi connectivity index (χ4n) is 4.66. The summed E-state index contributed by atoms with van der Waals surface area (Å²) in [7, 11) is 4.92. The lowest BCUT2D eigenvalue weighted by Gasteiger charge is -2.29. The molecule has 3 aromatic rings. The van der Waals surface area contributed by atoms with Gasteiger partial charge in [-0.1, -0.05) is 42.5 Å². The minimum Gasteiger partial charge on any atom is -0.493 e. The van der Waals surface area contributed by atoms with Crippen molar-refractivity contribution in [1.29, 1.82) is 0 Å². The molecule has 0 amide bonds. The maximum absolute atomic E-state index is 5.51. The van der Waals surface area contributed by atoms with E-state index in [9.17, 15) is 0 Å². The van der Waals surface area contributed by atoms with Crippen molar-refractivity contribution in [3.63, 3.8) is 0 Å². The van der Waals surface area contributed by atoms with Crippen LogP contribution in [0.5, 0.6) is 17.2 Å². The van der Waals surface area contributed by atoms with Gasteiger partial charge in [0.15, 0.2) is 11.5 Å². The highest BCUT2D eigenvalue weighted by molar-refractivity contribution is 6.12. The molecule has 0 unspecified atom stereocenters. The van der Waals surface area contributed by atoms with E-state index in [2.05, 4.69) is 59.5 Å². The Bertz CT molecular complexity index is 1230. The molecule has 0 fully saturated rings. The van der Waals surface area contributed by atoms with Gasteiger partial charge < -0.3 is 19.1 Å². The normalized spacial score (nSPS) is 13.8. The third-order valence-corrected chi connectivity index (χ3v) is 6.28. The summed E-state index contributed by atoms with van der Waals surface area (Å²) in [6.45, 7) is 1.76. The van der Waals surface area contributed by atoms with Crippen LogP contribution >= 0.6 is 12.4 Å². The molecule has 2 aliphatic heterocycles. The van der Waals surface area contributed by atoms with E-state index in [1.807, 2.05) is 12.1 Å². The Labute approximate surface area is 207 Å². The quantitative estimate of drug-likeness (QED) is 0.452. The molecule has 0 saturated carbocycles. The molecule has 2 heterocycles. The highest BCUT2D eigenvalue weighted by Gasteiger charge is 2.28. The smallest absolute Gasteiger partial charge is 0.203 e. The number of aliphatic imine (C=N–C) groups is 1. The average molecular weight is 477 g/mol. The predicted octanol–water partition coefficient (Wildman–Crippen LogP) is 5.49. The molecule has 0 N–H and O–H groups in total. The number of fused-ring (bicyclic) bond motifs is 3. The number of aryl methyl sites for hydroxylation is 2. The van der Waals surface area contributed by atoms with Crippen molar-refractivity contribution < 1.29 is 14.2 Å². The zero-order chi connectivity index (χ0) is 22.8. The van der Waals surface area contributed by atoms with Gasteiger partial charge in [-0.3, -0.25) is 4.99 Å². The van der Waals surface area contributed by atoms with E-state index in [4.69, 9.17) is 19.2 Å². The zero-order valence-corrected chi connectivity index (χ0v) is 20.5. The maximum Gasteiger partial charge on any atom is 0.203 e. The molecule has 0 saturated heterocycles. The monoisotopic (exact) mass is 476 g/mol. The molecular formula is C28H29ClN2O3. The van der Waals surface area contributed by atoms with Gasteiger partial charge in [0.2, 0.25) is 5.75 Å². The van der Waals surface area contributed by atoms with Crippen LogP contribution in [-0.4, -0.2) is 45.2 Å². The maximum atomic E-state index is 5.51. The first-order valence-electron chi connectivity index (χ1n) is 11.2. The molecule has 0 spiro atoms. The number of hydrogen-bond donors (Lipinski definition) is 0. The standard InChI is InChI=1S/C28H28N2O3.ClH/c1-31-25-16-20(17-26(32-2)27(25)33-3)12-11-19-7-6-9-22(15-19)24-18-21-8-4-5-10-23(21)28-29-13-14-30(24)28;/h4-10,15-18H,11-14H2,1-3H3;1H. The number of nitrogens with zero attached hydrogens (tertiary/aromatic N) is 2. The van der Waals surface area contributed by atoms with Gasteiger partial charge in [-0.15, -0.1) is 12.4 Å². The topological polar surface area (TPSA) is 43.3 Å². The molecule has 5 nitrogen and oxygen atoms in total. The van der Waals surface area contributed by atoms with Gasteiger partial charge >= 0.3 is 0 Å². The molecule has 6 heteroatoms. The molecule has 2 aliphatic rings. The molecule has 0 bridgehead atoms. The van der Waals surface area contributed by atoms with Gasteiger partial charge in [0.05, 0.1) is 33.6 Å². The van der Waals surface area contributed by atoms with Crippen molar-refractivity contribution in [2.45, 2.75) is 12.8 Å². The lowest BCUT2D eigenvalue weighted by molar-refractivity contribution is 0.324. The Hall–Kier alpha value is -3.44. The third-order valence-electron chi connectivity index (χ3n) is 6.28. The van der Waals surface area contributed by atoms with Crippen molar-refractivity contribution in [1.82, 2.24) is 4.90 Å². The SMILES string of the molecule is COc1cc(CCc2cccc(C3=Cc4ccccc4C4=NCCN34)c2)cc(OC)c1OC.Cl. The van der Waals surface area contributed by atoms with Crippen molar-refractivity contribution in [3.05, 3.63) is 88.5 Å². The second-order valence-electron chi connectivity index (χ2n) is 8.21. The van der Waals surface area contributed by atoms with Crippen molar-refractivity contribution in [3.8, 4) is 17.2 Å². The third kappa shape index (κ3) is 4.36. The van der Waals surface area contributed by atoms with Gasteiger partial charge in [-0.2, -0.15) is 0 Å². The van der Waals surface area contributed by atoms with Crippen LogP contribution in [0.25, 0.3) is 11.8 Å². The fraction of sp³-hybridized carbons (Fsp3) is 0.250. The van der Waals surface area contributed by atoms with Crippen LogP contribution in [0.4, 0.5) is 0 Å². The second kappa shape index (κ2) is 10.2. The minimum atomic E-state index is 0. The highest BCUT2D eigenvalue weighted by atomic mass is 35.5. The van der Waals surface area contributed by atoms with Gasteiger partial charge in [0.1, 0.15) is 5.84 Å². The molecule has 0 aromatic heterocycles.